The minimum atomic E-state index is -2.78. The topological polar surface area (TPSA) is 106 Å². The zero-order valence-corrected chi connectivity index (χ0v) is 23.5. The molecule has 9 nitrogen and oxygen atoms in total. The van der Waals surface area contributed by atoms with E-state index in [0.717, 1.165) is 0 Å². The van der Waals surface area contributed by atoms with E-state index in [1.807, 2.05) is 36.4 Å². The Kier molecular flexibility index (Phi) is 8.00. The summed E-state index contributed by atoms with van der Waals surface area (Å²) < 4.78 is 8.35. The van der Waals surface area contributed by atoms with Gasteiger partial charge in [-0.05, 0) is 21.5 Å². The molecule has 38 heavy (non-hydrogen) atoms. The summed E-state index contributed by atoms with van der Waals surface area (Å²) in [6.45, 7) is 7.88. The van der Waals surface area contributed by atoms with Crippen LogP contribution in [0.3, 0.4) is 0 Å². The number of hydroxylamine groups is 2. The van der Waals surface area contributed by atoms with Crippen molar-refractivity contribution in [3.05, 3.63) is 83.4 Å². The normalized spacial score (nSPS) is 20.4. The largest absolute Gasteiger partial charge is 0.406 e. The highest BCUT2D eigenvalue weighted by atomic mass is 28.4. The molecule has 10 heteroatoms. The maximum atomic E-state index is 12.9. The lowest BCUT2D eigenvalue weighted by Gasteiger charge is -2.43. The molecule has 0 radical (unpaired) electrons. The van der Waals surface area contributed by atoms with Crippen LogP contribution in [0.4, 0.5) is 5.82 Å². The summed E-state index contributed by atoms with van der Waals surface area (Å²) in [6, 6.07) is 22.0. The number of anilines is 1. The third kappa shape index (κ3) is 5.23. The van der Waals surface area contributed by atoms with Gasteiger partial charge in [0.15, 0.2) is 5.72 Å². The minimum Gasteiger partial charge on any atom is -0.406 e. The molecule has 202 valence electrons. The Balaban J connectivity index is 1.67. The number of nitrogens with zero attached hydrogens (tertiary/aromatic N) is 3. The van der Waals surface area contributed by atoms with Crippen LogP contribution in [0, 0.1) is 0 Å². The minimum absolute atomic E-state index is 0.143. The van der Waals surface area contributed by atoms with Gasteiger partial charge in [-0.1, -0.05) is 81.4 Å². The number of benzene rings is 2. The number of amides is 1. The van der Waals surface area contributed by atoms with E-state index in [4.69, 9.17) is 9.26 Å². The summed E-state index contributed by atoms with van der Waals surface area (Å²) in [5, 5.41) is 16.7. The molecule has 4 rings (SSSR count). The molecule has 0 saturated carbocycles. The van der Waals surface area contributed by atoms with Gasteiger partial charge in [-0.2, -0.15) is 10.0 Å². The Labute approximate surface area is 224 Å². The number of hydrogen-bond acceptors (Lipinski definition) is 7. The Morgan fingerprint density at radius 3 is 2.18 bits per heavy atom. The van der Waals surface area contributed by atoms with Crippen LogP contribution in [0.1, 0.15) is 34.1 Å². The number of hydrogen-bond donors (Lipinski definition) is 2. The molecule has 1 fully saturated rings. The van der Waals surface area contributed by atoms with E-state index in [1.165, 1.54) is 34.1 Å². The van der Waals surface area contributed by atoms with Crippen molar-refractivity contribution in [1.29, 1.82) is 0 Å². The monoisotopic (exact) mass is 536 g/mol. The van der Waals surface area contributed by atoms with Gasteiger partial charge < -0.3 is 14.8 Å². The summed E-state index contributed by atoms with van der Waals surface area (Å²) in [7, 11) is -1.00. The van der Waals surface area contributed by atoms with E-state index < -0.39 is 26.3 Å². The van der Waals surface area contributed by atoms with Crippen molar-refractivity contribution >= 4 is 30.4 Å². The quantitative estimate of drug-likeness (QED) is 0.425. The van der Waals surface area contributed by atoms with Gasteiger partial charge in [0.05, 0.1) is 19.3 Å². The van der Waals surface area contributed by atoms with E-state index in [-0.39, 0.29) is 22.8 Å². The number of carbonyl (C=O) groups is 1. The molecule has 1 aliphatic heterocycles. The molecule has 0 aliphatic carbocycles. The predicted octanol–water partition coefficient (Wildman–Crippen LogP) is 2.06. The Bertz CT molecular complexity index is 1270. The van der Waals surface area contributed by atoms with Crippen LogP contribution in [0.25, 0.3) is 0 Å². The van der Waals surface area contributed by atoms with E-state index in [9.17, 15) is 14.7 Å². The average molecular weight is 537 g/mol. The summed E-state index contributed by atoms with van der Waals surface area (Å²) >= 11 is 0. The number of rotatable bonds is 8. The van der Waals surface area contributed by atoms with Gasteiger partial charge in [-0.15, -0.1) is 0 Å². The van der Waals surface area contributed by atoms with E-state index in [1.54, 1.807) is 12.1 Å². The number of likely N-dealkylation sites (N-methyl/N-ethyl adjacent to an activating group) is 1. The van der Waals surface area contributed by atoms with E-state index >= 15 is 0 Å². The molecule has 0 unspecified atom stereocenters. The van der Waals surface area contributed by atoms with Gasteiger partial charge in [-0.3, -0.25) is 14.2 Å². The summed E-state index contributed by atoms with van der Waals surface area (Å²) in [5.41, 5.74) is -1.97. The van der Waals surface area contributed by atoms with Gasteiger partial charge in [0.1, 0.15) is 5.82 Å². The van der Waals surface area contributed by atoms with Crippen molar-refractivity contribution in [2.24, 2.45) is 0 Å². The SMILES string of the molecule is CC(=O)Nc1ccn([C@@]2(CO)C[C@H](CO[Si](c3ccccc3)(c3ccccc3)C(C)(C)C)N(C)O2)c(=O)n1. The molecule has 2 aromatic carbocycles. The van der Waals surface area contributed by atoms with E-state index in [2.05, 4.69) is 55.3 Å². The fourth-order valence-electron chi connectivity index (χ4n) is 5.30. The number of carbonyl (C=O) groups excluding carboxylic acids is 1. The first-order valence-corrected chi connectivity index (χ1v) is 14.6. The van der Waals surface area contributed by atoms with Crippen LogP contribution in [0.5, 0.6) is 0 Å². The maximum Gasteiger partial charge on any atom is 0.351 e. The molecule has 3 aromatic rings. The first kappa shape index (κ1) is 27.9. The van der Waals surface area contributed by atoms with Crippen LogP contribution in [0.2, 0.25) is 5.04 Å². The predicted molar refractivity (Wildman–Crippen MR) is 149 cm³/mol. The lowest BCUT2D eigenvalue weighted by atomic mass is 10.1. The molecule has 1 aliphatic rings. The van der Waals surface area contributed by atoms with Gasteiger partial charge in [-0.25, -0.2) is 4.79 Å². The first-order chi connectivity index (χ1) is 18.0. The smallest absolute Gasteiger partial charge is 0.351 e. The van der Waals surface area contributed by atoms with Crippen LogP contribution in [-0.2, 0) is 19.8 Å². The Hall–Kier alpha value is -3.15. The van der Waals surface area contributed by atoms with Crippen LogP contribution in [-0.4, -0.2) is 60.2 Å². The molecule has 2 heterocycles. The molecule has 1 amide bonds. The molecule has 1 saturated heterocycles. The summed E-state index contributed by atoms with van der Waals surface area (Å²) in [5.74, 6) is -0.186. The van der Waals surface area contributed by atoms with Crippen molar-refractivity contribution in [1.82, 2.24) is 14.6 Å². The second-order valence-corrected chi connectivity index (χ2v) is 15.0. The number of aliphatic hydroxyl groups excluding tert-OH is 1. The van der Waals surface area contributed by atoms with Crippen molar-refractivity contribution in [2.45, 2.75) is 50.9 Å². The highest BCUT2D eigenvalue weighted by Crippen LogP contribution is 2.39. The summed E-state index contributed by atoms with van der Waals surface area (Å²) in [4.78, 5) is 34.3. The summed E-state index contributed by atoms with van der Waals surface area (Å²) in [6.07, 6.45) is 1.79. The standard InChI is InChI=1S/C28H36N4O5Si/c1-21(34)29-25-16-17-32(26(35)30-25)28(20-33)18-22(31(5)37-28)19-36-38(27(2,3)4,23-12-8-6-9-13-23)24-14-10-7-11-15-24/h6-17,22,33H,18-20H2,1-5H3,(H,29,30,34,35)/t22-,28+/m1/s1. The molecular weight excluding hydrogens is 500 g/mol. The number of aliphatic hydroxyl groups is 1. The van der Waals surface area contributed by atoms with Gasteiger partial charge in [0.2, 0.25) is 5.91 Å². The molecule has 1 aromatic heterocycles. The van der Waals surface area contributed by atoms with Gasteiger partial charge in [0, 0.05) is 26.6 Å². The number of aromatic nitrogens is 2. The third-order valence-electron chi connectivity index (χ3n) is 7.09. The van der Waals surface area contributed by atoms with Crippen LogP contribution < -0.4 is 21.4 Å². The van der Waals surface area contributed by atoms with Crippen LogP contribution in [0.15, 0.2) is 77.7 Å². The highest BCUT2D eigenvalue weighted by Gasteiger charge is 2.52. The lowest BCUT2D eigenvalue weighted by molar-refractivity contribution is -0.239. The molecule has 2 N–H and O–H groups in total. The Morgan fingerprint density at radius 1 is 1.13 bits per heavy atom. The van der Waals surface area contributed by atoms with Crippen molar-refractivity contribution in [3.8, 4) is 0 Å². The molecular formula is C28H36N4O5Si. The second-order valence-electron chi connectivity index (χ2n) is 10.7. The lowest BCUT2D eigenvalue weighted by Crippen LogP contribution is -2.67. The van der Waals surface area contributed by atoms with Crippen LogP contribution >= 0.6 is 0 Å². The molecule has 0 bridgehead atoms. The second kappa shape index (κ2) is 10.9. The Morgan fingerprint density at radius 2 is 1.71 bits per heavy atom. The van der Waals surface area contributed by atoms with Crippen molar-refractivity contribution in [2.75, 3.05) is 25.6 Å². The van der Waals surface area contributed by atoms with E-state index in [0.29, 0.717) is 13.0 Å². The molecule has 2 atom stereocenters. The fourth-order valence-corrected chi connectivity index (χ4v) is 9.90. The molecule has 0 spiro atoms. The zero-order chi connectivity index (χ0) is 27.6. The van der Waals surface area contributed by atoms with Gasteiger partial charge >= 0.3 is 5.69 Å². The zero-order valence-electron chi connectivity index (χ0n) is 22.5. The highest BCUT2D eigenvalue weighted by molar-refractivity contribution is 6.99. The van der Waals surface area contributed by atoms with Gasteiger partial charge in [0.25, 0.3) is 8.32 Å². The first-order valence-electron chi connectivity index (χ1n) is 12.7. The maximum absolute atomic E-state index is 12.9. The number of nitrogens with one attached hydrogen (secondary N) is 1. The van der Waals surface area contributed by atoms with Crippen molar-refractivity contribution in [3.63, 3.8) is 0 Å². The third-order valence-corrected chi connectivity index (χ3v) is 12.1. The van der Waals surface area contributed by atoms with Crippen molar-refractivity contribution < 1.29 is 19.2 Å². The average Bonchev–Trinajstić information content (AvgIpc) is 3.21. The fraction of sp³-hybridized carbons (Fsp3) is 0.393.